The molecule has 5 heteroatoms. The minimum absolute atomic E-state index is 0.259. The van der Waals surface area contributed by atoms with E-state index >= 15 is 0 Å². The number of nitriles is 1. The molecular formula is C13H16N2O3. The second kappa shape index (κ2) is 6.03. The molecule has 0 heterocycles. The van der Waals surface area contributed by atoms with Crippen LogP contribution in [0.15, 0.2) is 12.1 Å². The van der Waals surface area contributed by atoms with Crippen LogP contribution < -0.4 is 5.32 Å². The third-order valence-corrected chi connectivity index (χ3v) is 2.82. The molecule has 1 aromatic rings. The minimum Gasteiger partial charge on any atom is -0.465 e. The van der Waals surface area contributed by atoms with Gasteiger partial charge in [0.2, 0.25) is 0 Å². The largest absolute Gasteiger partial charge is 0.465 e. The Labute approximate surface area is 106 Å². The summed E-state index contributed by atoms with van der Waals surface area (Å²) < 4.78 is 0. The number of rotatable bonds is 4. The number of aliphatic hydroxyl groups excluding tert-OH is 1. The fraction of sp³-hybridized carbons (Fsp3) is 0.385. The molecule has 0 unspecified atom stereocenters. The van der Waals surface area contributed by atoms with Gasteiger partial charge in [-0.3, -0.25) is 0 Å². The lowest BCUT2D eigenvalue weighted by molar-refractivity contribution is 0.177. The summed E-state index contributed by atoms with van der Waals surface area (Å²) in [4.78, 5) is 10.6. The number of carboxylic acid groups (broad SMARTS) is 1. The van der Waals surface area contributed by atoms with E-state index in [0.29, 0.717) is 12.0 Å². The third kappa shape index (κ3) is 3.47. The molecule has 1 atom stereocenters. The van der Waals surface area contributed by atoms with Crippen molar-refractivity contribution in [3.63, 3.8) is 0 Å². The zero-order chi connectivity index (χ0) is 13.7. The average molecular weight is 248 g/mol. The van der Waals surface area contributed by atoms with E-state index in [0.717, 1.165) is 16.7 Å². The summed E-state index contributed by atoms with van der Waals surface area (Å²) in [6.45, 7) is 3.49. The van der Waals surface area contributed by atoms with Gasteiger partial charge < -0.3 is 15.5 Å². The molecule has 0 saturated heterocycles. The van der Waals surface area contributed by atoms with Gasteiger partial charge in [-0.2, -0.15) is 5.26 Å². The predicted octanol–water partition coefficient (Wildman–Crippen LogP) is 1.35. The zero-order valence-corrected chi connectivity index (χ0v) is 10.4. The number of nitrogens with one attached hydrogen (secondary N) is 1. The van der Waals surface area contributed by atoms with Crippen molar-refractivity contribution in [2.45, 2.75) is 26.3 Å². The van der Waals surface area contributed by atoms with E-state index in [-0.39, 0.29) is 6.61 Å². The first kappa shape index (κ1) is 14.0. The van der Waals surface area contributed by atoms with Crippen molar-refractivity contribution in [1.29, 1.82) is 5.26 Å². The van der Waals surface area contributed by atoms with Gasteiger partial charge in [-0.15, -0.1) is 0 Å². The molecular weight excluding hydrogens is 232 g/mol. The van der Waals surface area contributed by atoms with Crippen molar-refractivity contribution < 1.29 is 15.0 Å². The summed E-state index contributed by atoms with van der Waals surface area (Å²) >= 11 is 0. The molecule has 0 aliphatic rings. The number of carbonyl (C=O) groups is 1. The van der Waals surface area contributed by atoms with Crippen molar-refractivity contribution in [2.75, 3.05) is 6.61 Å². The fourth-order valence-electron chi connectivity index (χ4n) is 1.96. The van der Waals surface area contributed by atoms with Crippen LogP contribution >= 0.6 is 0 Å². The number of aryl methyl sites for hydroxylation is 2. The first-order valence-electron chi connectivity index (χ1n) is 5.58. The zero-order valence-electron chi connectivity index (χ0n) is 10.4. The maximum Gasteiger partial charge on any atom is 0.404 e. The molecule has 0 radical (unpaired) electrons. The molecule has 0 aliphatic carbocycles. The molecule has 0 aliphatic heterocycles. The molecule has 1 rings (SSSR count). The highest BCUT2D eigenvalue weighted by atomic mass is 16.4. The average Bonchev–Trinajstić information content (AvgIpc) is 2.31. The monoisotopic (exact) mass is 248 g/mol. The molecule has 5 nitrogen and oxygen atoms in total. The summed E-state index contributed by atoms with van der Waals surface area (Å²) in [6, 6.07) is 5.06. The molecule has 1 aromatic carbocycles. The van der Waals surface area contributed by atoms with Crippen molar-refractivity contribution in [3.8, 4) is 6.07 Å². The molecule has 96 valence electrons. The number of aliphatic hydroxyl groups is 1. The molecule has 0 fully saturated rings. The number of hydrogen-bond acceptors (Lipinski definition) is 3. The van der Waals surface area contributed by atoms with Gasteiger partial charge in [0, 0.05) is 0 Å². The van der Waals surface area contributed by atoms with Crippen LogP contribution in [0, 0.1) is 25.2 Å². The Bertz CT molecular complexity index is 468. The van der Waals surface area contributed by atoms with E-state index in [2.05, 4.69) is 11.4 Å². The number of benzene rings is 1. The smallest absolute Gasteiger partial charge is 0.404 e. The summed E-state index contributed by atoms with van der Waals surface area (Å²) in [5, 5.41) is 28.9. The molecule has 1 amide bonds. The highest BCUT2D eigenvalue weighted by molar-refractivity contribution is 5.65. The first-order chi connectivity index (χ1) is 8.47. The van der Waals surface area contributed by atoms with E-state index < -0.39 is 12.1 Å². The van der Waals surface area contributed by atoms with E-state index in [1.165, 1.54) is 0 Å². The van der Waals surface area contributed by atoms with Gasteiger partial charge in [0.1, 0.15) is 0 Å². The van der Waals surface area contributed by atoms with Gasteiger partial charge in [0.05, 0.1) is 24.3 Å². The van der Waals surface area contributed by atoms with Crippen LogP contribution in [-0.4, -0.2) is 29.0 Å². The van der Waals surface area contributed by atoms with Crippen molar-refractivity contribution >= 4 is 6.09 Å². The van der Waals surface area contributed by atoms with Gasteiger partial charge >= 0.3 is 6.09 Å². The highest BCUT2D eigenvalue weighted by Gasteiger charge is 2.14. The second-order valence-corrected chi connectivity index (χ2v) is 4.23. The van der Waals surface area contributed by atoms with E-state index in [1.54, 1.807) is 12.1 Å². The maximum absolute atomic E-state index is 10.6. The molecule has 3 N–H and O–H groups in total. The summed E-state index contributed by atoms with van der Waals surface area (Å²) in [5.41, 5.74) is 3.40. The Hall–Kier alpha value is -2.06. The summed E-state index contributed by atoms with van der Waals surface area (Å²) in [5.74, 6) is 0. The lowest BCUT2D eigenvalue weighted by Gasteiger charge is -2.17. The minimum atomic E-state index is -1.15. The maximum atomic E-state index is 10.6. The van der Waals surface area contributed by atoms with Gasteiger partial charge in [-0.05, 0) is 49.1 Å². The molecule has 0 spiro atoms. The van der Waals surface area contributed by atoms with Crippen molar-refractivity contribution in [1.82, 2.24) is 5.32 Å². The Morgan fingerprint density at radius 2 is 2.00 bits per heavy atom. The number of nitrogens with zero attached hydrogens (tertiary/aromatic N) is 1. The number of hydrogen-bond donors (Lipinski definition) is 3. The Kier molecular flexibility index (Phi) is 4.69. The standard InChI is InChI=1S/C13H16N2O3/c1-8-3-10(6-14)4-9(2)12(8)5-11(7-16)15-13(17)18/h3-4,11,15-16H,5,7H2,1-2H3,(H,17,18)/t11-/m0/s1. The van der Waals surface area contributed by atoms with Crippen LogP contribution in [0.4, 0.5) is 4.79 Å². The lowest BCUT2D eigenvalue weighted by Crippen LogP contribution is -2.38. The molecule has 18 heavy (non-hydrogen) atoms. The van der Waals surface area contributed by atoms with Crippen LogP contribution in [0.25, 0.3) is 0 Å². The predicted molar refractivity (Wildman–Crippen MR) is 66.4 cm³/mol. The van der Waals surface area contributed by atoms with Gasteiger partial charge in [-0.25, -0.2) is 4.79 Å². The van der Waals surface area contributed by atoms with Crippen molar-refractivity contribution in [2.24, 2.45) is 0 Å². The normalized spacial score (nSPS) is 11.7. The third-order valence-electron chi connectivity index (χ3n) is 2.82. The molecule has 0 bridgehead atoms. The van der Waals surface area contributed by atoms with Crippen LogP contribution in [0.2, 0.25) is 0 Å². The lowest BCUT2D eigenvalue weighted by atomic mass is 9.94. The molecule has 0 aromatic heterocycles. The highest BCUT2D eigenvalue weighted by Crippen LogP contribution is 2.18. The molecule has 0 saturated carbocycles. The van der Waals surface area contributed by atoms with Crippen LogP contribution in [-0.2, 0) is 6.42 Å². The quantitative estimate of drug-likeness (QED) is 0.749. The van der Waals surface area contributed by atoms with Gasteiger partial charge in [-0.1, -0.05) is 0 Å². The first-order valence-corrected chi connectivity index (χ1v) is 5.58. The number of amides is 1. The van der Waals surface area contributed by atoms with Crippen LogP contribution in [0.5, 0.6) is 0 Å². The second-order valence-electron chi connectivity index (χ2n) is 4.23. The Morgan fingerprint density at radius 3 is 2.39 bits per heavy atom. The van der Waals surface area contributed by atoms with Crippen LogP contribution in [0.1, 0.15) is 22.3 Å². The van der Waals surface area contributed by atoms with Gasteiger partial charge in [0.25, 0.3) is 0 Å². The SMILES string of the molecule is Cc1cc(C#N)cc(C)c1C[C@@H](CO)NC(=O)O. The van der Waals surface area contributed by atoms with Crippen molar-refractivity contribution in [3.05, 3.63) is 34.4 Å². The summed E-state index contributed by atoms with van der Waals surface area (Å²) in [6.07, 6.45) is -0.746. The van der Waals surface area contributed by atoms with E-state index in [1.807, 2.05) is 13.8 Å². The van der Waals surface area contributed by atoms with E-state index in [4.69, 9.17) is 15.5 Å². The Balaban J connectivity index is 2.96. The van der Waals surface area contributed by atoms with E-state index in [9.17, 15) is 4.79 Å². The van der Waals surface area contributed by atoms with Crippen LogP contribution in [0.3, 0.4) is 0 Å². The van der Waals surface area contributed by atoms with Gasteiger partial charge in [0.15, 0.2) is 0 Å². The summed E-state index contributed by atoms with van der Waals surface area (Å²) in [7, 11) is 0. The Morgan fingerprint density at radius 1 is 1.44 bits per heavy atom. The fourth-order valence-corrected chi connectivity index (χ4v) is 1.96. The topological polar surface area (TPSA) is 93.4 Å².